The van der Waals surface area contributed by atoms with E-state index in [0.717, 1.165) is 24.1 Å². The number of rotatable bonds is 6. The van der Waals surface area contributed by atoms with E-state index >= 15 is 0 Å². The van der Waals surface area contributed by atoms with E-state index in [4.69, 9.17) is 14.0 Å². The highest BCUT2D eigenvalue weighted by molar-refractivity contribution is 6.62. The largest absolute Gasteiger partial charge is 0.494 e. The first-order valence-corrected chi connectivity index (χ1v) is 10.2. The minimum Gasteiger partial charge on any atom is -0.493 e. The Morgan fingerprint density at radius 3 is 2.33 bits per heavy atom. The molecule has 6 heteroatoms. The predicted octanol–water partition coefficient (Wildman–Crippen LogP) is 3.06. The van der Waals surface area contributed by atoms with Crippen LogP contribution in [0.5, 0.6) is 5.75 Å². The molecule has 0 radical (unpaired) electrons. The minimum absolute atomic E-state index is 0.0515. The lowest BCUT2D eigenvalue weighted by atomic mass is 9.78. The SMILES string of the molecule is CC1(C)OB(c2cc(OCC3CCC3)cc(C(=O)NC3CC3)c2)OC1(C)C. The van der Waals surface area contributed by atoms with Crippen molar-refractivity contribution in [3.63, 3.8) is 0 Å². The molecule has 0 atom stereocenters. The Bertz CT molecular complexity index is 709. The lowest BCUT2D eigenvalue weighted by molar-refractivity contribution is 0.00578. The average Bonchev–Trinajstić information content (AvgIpc) is 3.32. The maximum Gasteiger partial charge on any atom is 0.494 e. The summed E-state index contributed by atoms with van der Waals surface area (Å²) in [5.74, 6) is 1.30. The maximum atomic E-state index is 12.6. The lowest BCUT2D eigenvalue weighted by Crippen LogP contribution is -2.41. The van der Waals surface area contributed by atoms with Crippen molar-refractivity contribution >= 4 is 18.5 Å². The normalized spacial score (nSPS) is 23.8. The number of benzene rings is 1. The highest BCUT2D eigenvalue weighted by Gasteiger charge is 2.52. The molecule has 5 nitrogen and oxygen atoms in total. The first-order valence-electron chi connectivity index (χ1n) is 10.2. The summed E-state index contributed by atoms with van der Waals surface area (Å²) >= 11 is 0. The highest BCUT2D eigenvalue weighted by Crippen LogP contribution is 2.37. The predicted molar refractivity (Wildman–Crippen MR) is 105 cm³/mol. The van der Waals surface area contributed by atoms with Crippen LogP contribution < -0.4 is 15.5 Å². The van der Waals surface area contributed by atoms with E-state index in [1.165, 1.54) is 19.3 Å². The second-order valence-corrected chi connectivity index (χ2v) is 9.23. The third kappa shape index (κ3) is 4.02. The van der Waals surface area contributed by atoms with Gasteiger partial charge in [-0.2, -0.15) is 0 Å². The molecule has 1 saturated heterocycles. The molecule has 0 bridgehead atoms. The second kappa shape index (κ2) is 6.82. The molecule has 1 N–H and O–H groups in total. The molecule has 1 amide bonds. The van der Waals surface area contributed by atoms with E-state index in [0.29, 0.717) is 24.1 Å². The van der Waals surface area contributed by atoms with Crippen LogP contribution in [0.25, 0.3) is 0 Å². The second-order valence-electron chi connectivity index (χ2n) is 9.23. The fourth-order valence-electron chi connectivity index (χ4n) is 3.32. The third-order valence-electron chi connectivity index (χ3n) is 6.34. The molecule has 146 valence electrons. The number of amides is 1. The number of hydrogen-bond donors (Lipinski definition) is 1. The lowest BCUT2D eigenvalue weighted by Gasteiger charge is -2.32. The van der Waals surface area contributed by atoms with Crippen molar-refractivity contribution in [3.05, 3.63) is 23.8 Å². The van der Waals surface area contributed by atoms with Gasteiger partial charge >= 0.3 is 7.12 Å². The van der Waals surface area contributed by atoms with Gasteiger partial charge in [0, 0.05) is 11.6 Å². The number of ether oxygens (including phenoxy) is 1. The molecule has 2 aliphatic carbocycles. The smallest absolute Gasteiger partial charge is 0.493 e. The van der Waals surface area contributed by atoms with Gasteiger partial charge in [-0.25, -0.2) is 0 Å². The van der Waals surface area contributed by atoms with E-state index in [-0.39, 0.29) is 5.91 Å². The summed E-state index contributed by atoms with van der Waals surface area (Å²) in [7, 11) is -0.505. The van der Waals surface area contributed by atoms with Crippen LogP contribution in [0.1, 0.15) is 70.2 Å². The summed E-state index contributed by atoms with van der Waals surface area (Å²) < 4.78 is 18.4. The van der Waals surface area contributed by atoms with E-state index in [1.807, 2.05) is 45.9 Å². The Kier molecular flexibility index (Phi) is 4.75. The van der Waals surface area contributed by atoms with Gasteiger partial charge in [-0.15, -0.1) is 0 Å². The van der Waals surface area contributed by atoms with Crippen LogP contribution in [0.15, 0.2) is 18.2 Å². The molecule has 2 saturated carbocycles. The van der Waals surface area contributed by atoms with Crippen LogP contribution in [0, 0.1) is 5.92 Å². The molecular formula is C21H30BNO4. The van der Waals surface area contributed by atoms with Crippen molar-refractivity contribution in [2.45, 2.75) is 77.0 Å². The zero-order chi connectivity index (χ0) is 19.2. The van der Waals surface area contributed by atoms with E-state index < -0.39 is 18.3 Å². The van der Waals surface area contributed by atoms with Crippen molar-refractivity contribution in [3.8, 4) is 5.75 Å². The molecule has 1 aliphatic heterocycles. The zero-order valence-electron chi connectivity index (χ0n) is 16.8. The summed E-state index contributed by atoms with van der Waals surface area (Å²) in [6, 6.07) is 5.98. The number of carbonyl (C=O) groups excluding carboxylic acids is 1. The Labute approximate surface area is 162 Å². The van der Waals surface area contributed by atoms with Gasteiger partial charge in [-0.3, -0.25) is 4.79 Å². The number of carbonyl (C=O) groups is 1. The van der Waals surface area contributed by atoms with Gasteiger partial charge in [0.25, 0.3) is 5.91 Å². The monoisotopic (exact) mass is 371 g/mol. The van der Waals surface area contributed by atoms with Crippen LogP contribution in [0.2, 0.25) is 0 Å². The molecule has 4 rings (SSSR count). The minimum atomic E-state index is -0.505. The Balaban J connectivity index is 1.57. The third-order valence-corrected chi connectivity index (χ3v) is 6.34. The van der Waals surface area contributed by atoms with Gasteiger partial charge in [0.05, 0.1) is 17.8 Å². The maximum absolute atomic E-state index is 12.6. The summed E-state index contributed by atoms with van der Waals surface area (Å²) in [6.07, 6.45) is 5.87. The van der Waals surface area contributed by atoms with Crippen LogP contribution in [0.4, 0.5) is 0 Å². The fraction of sp³-hybridized carbons (Fsp3) is 0.667. The molecule has 1 aromatic carbocycles. The quantitative estimate of drug-likeness (QED) is 0.781. The molecule has 3 aliphatic rings. The highest BCUT2D eigenvalue weighted by atomic mass is 16.7. The van der Waals surface area contributed by atoms with Crippen LogP contribution in [-0.4, -0.2) is 36.9 Å². The topological polar surface area (TPSA) is 56.8 Å². The molecule has 0 spiro atoms. The van der Waals surface area contributed by atoms with Crippen molar-refractivity contribution in [1.29, 1.82) is 0 Å². The Morgan fingerprint density at radius 1 is 1.11 bits per heavy atom. The Hall–Kier alpha value is -1.53. The molecule has 0 unspecified atom stereocenters. The van der Waals surface area contributed by atoms with Crippen LogP contribution in [-0.2, 0) is 9.31 Å². The molecule has 1 aromatic rings. The van der Waals surface area contributed by atoms with E-state index in [1.54, 1.807) is 0 Å². The number of nitrogens with one attached hydrogen (secondary N) is 1. The first kappa shape index (κ1) is 18.8. The first-order chi connectivity index (χ1) is 12.7. The van der Waals surface area contributed by atoms with Gasteiger partial charge in [-0.05, 0) is 83.0 Å². The van der Waals surface area contributed by atoms with Gasteiger partial charge in [-0.1, -0.05) is 6.42 Å². The summed E-state index contributed by atoms with van der Waals surface area (Å²) in [5, 5.41) is 3.06. The van der Waals surface area contributed by atoms with Gasteiger partial charge < -0.3 is 19.4 Å². The molecule has 3 fully saturated rings. The van der Waals surface area contributed by atoms with Gasteiger partial charge in [0.1, 0.15) is 5.75 Å². The number of hydrogen-bond acceptors (Lipinski definition) is 4. The van der Waals surface area contributed by atoms with E-state index in [2.05, 4.69) is 5.32 Å². The van der Waals surface area contributed by atoms with E-state index in [9.17, 15) is 4.79 Å². The van der Waals surface area contributed by atoms with Gasteiger partial charge in [0.15, 0.2) is 0 Å². The standard InChI is InChI=1S/C21H30BNO4/c1-20(2)21(3,4)27-22(26-20)16-10-15(19(24)23-17-8-9-17)11-18(12-16)25-13-14-6-5-7-14/h10-12,14,17H,5-9,13H2,1-4H3,(H,23,24). The average molecular weight is 371 g/mol. The van der Waals surface area contributed by atoms with Crippen molar-refractivity contribution < 1.29 is 18.8 Å². The van der Waals surface area contributed by atoms with Crippen molar-refractivity contribution in [2.24, 2.45) is 5.92 Å². The molecule has 1 heterocycles. The fourth-order valence-corrected chi connectivity index (χ4v) is 3.32. The Morgan fingerprint density at radius 2 is 1.78 bits per heavy atom. The molecule has 27 heavy (non-hydrogen) atoms. The van der Waals surface area contributed by atoms with Gasteiger partial charge in [0.2, 0.25) is 0 Å². The van der Waals surface area contributed by atoms with Crippen molar-refractivity contribution in [1.82, 2.24) is 5.32 Å². The molecular weight excluding hydrogens is 341 g/mol. The summed E-state index contributed by atoms with van der Waals surface area (Å²) in [4.78, 5) is 12.6. The summed E-state index contributed by atoms with van der Waals surface area (Å²) in [5.41, 5.74) is 0.603. The molecule has 0 aromatic heterocycles. The zero-order valence-corrected chi connectivity index (χ0v) is 16.8. The van der Waals surface area contributed by atoms with Crippen LogP contribution in [0.3, 0.4) is 0 Å². The van der Waals surface area contributed by atoms with Crippen molar-refractivity contribution in [2.75, 3.05) is 6.61 Å². The van der Waals surface area contributed by atoms with Crippen LogP contribution >= 0.6 is 0 Å². The summed E-state index contributed by atoms with van der Waals surface area (Å²) in [6.45, 7) is 8.83.